The molecule has 0 spiro atoms. The van der Waals surface area contributed by atoms with Gasteiger partial charge in [-0.15, -0.1) is 5.56 Å². The van der Waals surface area contributed by atoms with Crippen LogP contribution in [0, 0.1) is 13.5 Å². The van der Waals surface area contributed by atoms with Crippen LogP contribution in [0.4, 0.5) is 0 Å². The van der Waals surface area contributed by atoms with E-state index in [0.717, 1.165) is 5.56 Å². The normalized spacial score (nSPS) is 7.30. The van der Waals surface area contributed by atoms with Gasteiger partial charge in [-0.1, -0.05) is 0 Å². The van der Waals surface area contributed by atoms with Crippen molar-refractivity contribution in [3.63, 3.8) is 0 Å². The molecule has 1 aromatic rings. The van der Waals surface area contributed by atoms with E-state index in [1.165, 1.54) is 0 Å². The molecule has 0 aliphatic carbocycles. The van der Waals surface area contributed by atoms with Crippen molar-refractivity contribution in [1.82, 2.24) is 0 Å². The van der Waals surface area contributed by atoms with Crippen molar-refractivity contribution >= 4 is 23.1 Å². The van der Waals surface area contributed by atoms with Gasteiger partial charge in [0.2, 0.25) is 0 Å². The van der Waals surface area contributed by atoms with E-state index in [1.54, 1.807) is 0 Å². The van der Waals surface area contributed by atoms with Crippen molar-refractivity contribution in [3.05, 3.63) is 43.3 Å². The van der Waals surface area contributed by atoms with Gasteiger partial charge >= 0.3 is 23.1 Å². The van der Waals surface area contributed by atoms with E-state index >= 15 is 0 Å². The number of rotatable bonds is 1. The predicted octanol–water partition coefficient (Wildman–Crippen LogP) is 1.01. The second-order valence-corrected chi connectivity index (χ2v) is 1.59. The number of hydrogen-bond acceptors (Lipinski definition) is 1. The average molecular weight is 145 g/mol. The first-order valence-electron chi connectivity index (χ1n) is 2.59. The minimum atomic E-state index is 0. The molecule has 0 aliphatic heterocycles. The topological polar surface area (TPSA) is 26.0 Å². The first kappa shape index (κ1) is 12.6. The Labute approximate surface area is 78.8 Å². The Balaban J connectivity index is 0. The summed E-state index contributed by atoms with van der Waals surface area (Å²) >= 11 is 0. The van der Waals surface area contributed by atoms with Gasteiger partial charge in [0.25, 0.3) is 0 Å². The second kappa shape index (κ2) is 7.06. The molecular formula is C8H11MgN. The van der Waals surface area contributed by atoms with Crippen LogP contribution in [0.2, 0.25) is 0 Å². The Morgan fingerprint density at radius 1 is 1.40 bits per heavy atom. The van der Waals surface area contributed by atoms with E-state index in [1.807, 2.05) is 24.3 Å². The zero-order valence-corrected chi connectivity index (χ0v) is 7.72. The Kier molecular flexibility index (Phi) is 8.90. The molecule has 0 bridgehead atoms. The molecule has 10 heavy (non-hydrogen) atoms. The van der Waals surface area contributed by atoms with Gasteiger partial charge in [-0.25, -0.2) is 0 Å². The average Bonchev–Trinajstić information content (AvgIpc) is 1.90. The van der Waals surface area contributed by atoms with Gasteiger partial charge in [-0.05, 0) is 6.54 Å². The van der Waals surface area contributed by atoms with Crippen LogP contribution in [-0.4, -0.2) is 23.1 Å². The largest absolute Gasteiger partial charge is 2.00 e. The third kappa shape index (κ3) is 3.88. The Morgan fingerprint density at radius 2 is 2.10 bits per heavy atom. The Hall–Kier alpha value is -0.0538. The van der Waals surface area contributed by atoms with Crippen LogP contribution in [0.1, 0.15) is 5.56 Å². The minimum Gasteiger partial charge on any atom is -0.358 e. The third-order valence-electron chi connectivity index (χ3n) is 0.993. The summed E-state index contributed by atoms with van der Waals surface area (Å²) in [4.78, 5) is 0. The van der Waals surface area contributed by atoms with Crippen molar-refractivity contribution in [2.24, 2.45) is 5.73 Å². The van der Waals surface area contributed by atoms with Crippen LogP contribution in [0.25, 0.3) is 0 Å². The molecule has 0 unspecified atom stereocenters. The summed E-state index contributed by atoms with van der Waals surface area (Å²) in [6, 6.07) is 10.7. The van der Waals surface area contributed by atoms with E-state index in [0.29, 0.717) is 6.54 Å². The molecular weight excluding hydrogens is 134 g/mol. The summed E-state index contributed by atoms with van der Waals surface area (Å²) < 4.78 is 0. The number of benzene rings is 1. The summed E-state index contributed by atoms with van der Waals surface area (Å²) in [5, 5.41) is 0. The molecule has 0 fully saturated rings. The Morgan fingerprint density at radius 3 is 2.40 bits per heavy atom. The monoisotopic (exact) mass is 145 g/mol. The molecule has 0 amide bonds. The summed E-state index contributed by atoms with van der Waals surface area (Å²) in [5.41, 5.74) is 6.38. The standard InChI is InChI=1S/C7H8N.CH3.Mg/c8-6-7-4-2-1-3-5-7;;/h1-4H,6,8H2;1H3;/q2*-1;+2. The van der Waals surface area contributed by atoms with Gasteiger partial charge < -0.3 is 13.2 Å². The van der Waals surface area contributed by atoms with Crippen molar-refractivity contribution in [1.29, 1.82) is 0 Å². The maximum absolute atomic E-state index is 5.32. The van der Waals surface area contributed by atoms with Crippen LogP contribution >= 0.6 is 0 Å². The molecule has 0 aromatic heterocycles. The van der Waals surface area contributed by atoms with Gasteiger partial charge in [-0.3, -0.25) is 0 Å². The molecule has 1 aromatic carbocycles. The van der Waals surface area contributed by atoms with Crippen LogP contribution in [-0.2, 0) is 6.54 Å². The van der Waals surface area contributed by atoms with E-state index in [-0.39, 0.29) is 30.5 Å². The fourth-order valence-corrected chi connectivity index (χ4v) is 0.557. The molecule has 2 heteroatoms. The first-order chi connectivity index (χ1) is 3.93. The van der Waals surface area contributed by atoms with Crippen molar-refractivity contribution in [2.75, 3.05) is 0 Å². The van der Waals surface area contributed by atoms with E-state index in [2.05, 4.69) is 6.07 Å². The maximum atomic E-state index is 5.32. The van der Waals surface area contributed by atoms with E-state index < -0.39 is 0 Å². The smallest absolute Gasteiger partial charge is 0.358 e. The molecule has 0 atom stereocenters. The summed E-state index contributed by atoms with van der Waals surface area (Å²) in [6.07, 6.45) is 0. The fraction of sp³-hybridized carbons (Fsp3) is 0.125. The summed E-state index contributed by atoms with van der Waals surface area (Å²) in [7, 11) is 0. The van der Waals surface area contributed by atoms with Gasteiger partial charge in [0, 0.05) is 0 Å². The van der Waals surface area contributed by atoms with Crippen LogP contribution in [0.5, 0.6) is 0 Å². The fourth-order valence-electron chi connectivity index (χ4n) is 0.557. The summed E-state index contributed by atoms with van der Waals surface area (Å²) in [6.45, 7) is 0.584. The zero-order chi connectivity index (χ0) is 5.82. The van der Waals surface area contributed by atoms with E-state index in [9.17, 15) is 0 Å². The predicted molar refractivity (Wildman–Crippen MR) is 45.3 cm³/mol. The zero-order valence-electron chi connectivity index (χ0n) is 6.30. The van der Waals surface area contributed by atoms with Gasteiger partial charge in [-0.2, -0.15) is 30.3 Å². The van der Waals surface area contributed by atoms with Gasteiger partial charge in [0.05, 0.1) is 0 Å². The second-order valence-electron chi connectivity index (χ2n) is 1.59. The van der Waals surface area contributed by atoms with Crippen molar-refractivity contribution in [3.8, 4) is 0 Å². The van der Waals surface area contributed by atoms with Gasteiger partial charge in [0.15, 0.2) is 0 Å². The molecule has 2 N–H and O–H groups in total. The van der Waals surface area contributed by atoms with Crippen molar-refractivity contribution in [2.45, 2.75) is 6.54 Å². The number of nitrogens with two attached hydrogens (primary N) is 1. The minimum absolute atomic E-state index is 0. The molecule has 1 rings (SSSR count). The van der Waals surface area contributed by atoms with Crippen LogP contribution in [0.15, 0.2) is 24.3 Å². The third-order valence-corrected chi connectivity index (χ3v) is 0.993. The van der Waals surface area contributed by atoms with Crippen molar-refractivity contribution < 1.29 is 0 Å². The molecule has 1 nitrogen and oxygen atoms in total. The quantitative estimate of drug-likeness (QED) is 0.463. The maximum Gasteiger partial charge on any atom is 2.00 e. The molecule has 50 valence electrons. The van der Waals surface area contributed by atoms with Crippen LogP contribution in [0.3, 0.4) is 0 Å². The summed E-state index contributed by atoms with van der Waals surface area (Å²) in [5.74, 6) is 0. The molecule has 0 saturated heterocycles. The van der Waals surface area contributed by atoms with E-state index in [4.69, 9.17) is 5.73 Å². The molecule has 0 radical (unpaired) electrons. The Bertz CT molecular complexity index is 151. The van der Waals surface area contributed by atoms with Gasteiger partial charge in [0.1, 0.15) is 0 Å². The molecule has 0 saturated carbocycles. The molecule has 0 aliphatic rings. The number of hydrogen-bond donors (Lipinski definition) is 1. The molecule has 0 heterocycles. The SMILES string of the molecule is NCc1[c-]cccc1.[CH3-].[Mg+2]. The van der Waals surface area contributed by atoms with Crippen LogP contribution < -0.4 is 5.73 Å². The first-order valence-corrected chi connectivity index (χ1v) is 2.59.